The fourth-order valence-corrected chi connectivity index (χ4v) is 2.16. The number of rotatable bonds is 4. The molecule has 0 aliphatic rings. The van der Waals surface area contributed by atoms with Gasteiger partial charge in [0.2, 0.25) is 0 Å². The summed E-state index contributed by atoms with van der Waals surface area (Å²) in [5, 5.41) is 2.81. The van der Waals surface area contributed by atoms with Crippen molar-refractivity contribution in [3.05, 3.63) is 58.5 Å². The highest BCUT2D eigenvalue weighted by Crippen LogP contribution is 2.16. The predicted molar refractivity (Wildman–Crippen MR) is 89.6 cm³/mol. The van der Waals surface area contributed by atoms with E-state index in [1.165, 1.54) is 11.6 Å². The molecule has 2 rings (SSSR count). The van der Waals surface area contributed by atoms with Gasteiger partial charge in [-0.3, -0.25) is 9.69 Å². The molecule has 5 nitrogen and oxygen atoms in total. The number of aromatic nitrogens is 1. The normalized spacial score (nSPS) is 10.3. The van der Waals surface area contributed by atoms with Crippen LogP contribution in [0, 0.1) is 0 Å². The second kappa shape index (κ2) is 6.93. The molecular weight excluding hydrogens is 278 g/mol. The number of hydrogen-bond acceptors (Lipinski definition) is 2. The summed E-state index contributed by atoms with van der Waals surface area (Å²) >= 11 is 0. The van der Waals surface area contributed by atoms with Crippen LogP contribution < -0.4 is 15.8 Å². The average molecular weight is 299 g/mol. The van der Waals surface area contributed by atoms with E-state index in [4.69, 9.17) is 0 Å². The molecule has 2 amide bonds. The minimum absolute atomic E-state index is 0.0792. The standard InChI is InChI=1S/C17H21N3O2/c1-4-13-7-6-8-15(11-13)19(3)17(22)18-14-9-10-16(21)20(5-2)12-14/h6-12H,4-5H2,1-3H3,(H,18,22). The van der Waals surface area contributed by atoms with Crippen LogP contribution in [0.15, 0.2) is 47.4 Å². The van der Waals surface area contributed by atoms with Gasteiger partial charge >= 0.3 is 6.03 Å². The van der Waals surface area contributed by atoms with Crippen LogP contribution in [0.5, 0.6) is 0 Å². The molecule has 116 valence electrons. The highest BCUT2D eigenvalue weighted by atomic mass is 16.2. The molecule has 5 heteroatoms. The molecule has 0 atom stereocenters. The summed E-state index contributed by atoms with van der Waals surface area (Å²) in [6.07, 6.45) is 2.57. The maximum Gasteiger partial charge on any atom is 0.326 e. The van der Waals surface area contributed by atoms with Gasteiger partial charge in [0, 0.05) is 31.5 Å². The zero-order valence-electron chi connectivity index (χ0n) is 13.2. The van der Waals surface area contributed by atoms with E-state index in [9.17, 15) is 9.59 Å². The molecule has 0 unspecified atom stereocenters. The van der Waals surface area contributed by atoms with Gasteiger partial charge in [0.1, 0.15) is 0 Å². The second-order valence-corrected chi connectivity index (χ2v) is 5.05. The second-order valence-electron chi connectivity index (χ2n) is 5.05. The number of anilines is 2. The Morgan fingerprint density at radius 3 is 2.68 bits per heavy atom. The Morgan fingerprint density at radius 2 is 2.00 bits per heavy atom. The van der Waals surface area contributed by atoms with Crippen LogP contribution >= 0.6 is 0 Å². The Hall–Kier alpha value is -2.56. The fourth-order valence-electron chi connectivity index (χ4n) is 2.16. The molecule has 1 N–H and O–H groups in total. The number of pyridine rings is 1. The molecule has 0 saturated carbocycles. The number of carbonyl (C=O) groups excluding carboxylic acids is 1. The van der Waals surface area contributed by atoms with Crippen molar-refractivity contribution >= 4 is 17.4 Å². The van der Waals surface area contributed by atoms with Gasteiger partial charge < -0.3 is 9.88 Å². The molecule has 0 aliphatic carbocycles. The van der Waals surface area contributed by atoms with Crippen LogP contribution in [0.1, 0.15) is 19.4 Å². The Bertz CT molecular complexity index is 722. The molecule has 0 spiro atoms. The van der Waals surface area contributed by atoms with Gasteiger partial charge in [-0.1, -0.05) is 19.1 Å². The lowest BCUT2D eigenvalue weighted by Gasteiger charge is -2.19. The van der Waals surface area contributed by atoms with Crippen molar-refractivity contribution in [2.45, 2.75) is 26.8 Å². The van der Waals surface area contributed by atoms with E-state index in [2.05, 4.69) is 12.2 Å². The van der Waals surface area contributed by atoms with E-state index in [0.717, 1.165) is 12.1 Å². The van der Waals surface area contributed by atoms with Crippen molar-refractivity contribution in [2.24, 2.45) is 0 Å². The molecule has 1 aromatic carbocycles. The van der Waals surface area contributed by atoms with Crippen LogP contribution in [0.4, 0.5) is 16.2 Å². The van der Waals surface area contributed by atoms with Crippen LogP contribution in [-0.4, -0.2) is 17.6 Å². The van der Waals surface area contributed by atoms with Crippen molar-refractivity contribution in [3.8, 4) is 0 Å². The molecule has 0 fully saturated rings. The van der Waals surface area contributed by atoms with E-state index in [-0.39, 0.29) is 11.6 Å². The molecule has 0 aliphatic heterocycles. The summed E-state index contributed by atoms with van der Waals surface area (Å²) in [6, 6.07) is 10.7. The Labute approximate surface area is 130 Å². The van der Waals surface area contributed by atoms with E-state index in [0.29, 0.717) is 12.2 Å². The Balaban J connectivity index is 2.15. The number of aryl methyl sites for hydroxylation is 2. The van der Waals surface area contributed by atoms with Crippen LogP contribution in [0.3, 0.4) is 0 Å². The summed E-state index contributed by atoms with van der Waals surface area (Å²) < 4.78 is 1.55. The lowest BCUT2D eigenvalue weighted by molar-refractivity contribution is 0.258. The van der Waals surface area contributed by atoms with Gasteiger partial charge in [-0.25, -0.2) is 4.79 Å². The maximum absolute atomic E-state index is 12.3. The summed E-state index contributed by atoms with van der Waals surface area (Å²) in [4.78, 5) is 25.4. The molecule has 2 aromatic rings. The van der Waals surface area contributed by atoms with Gasteiger partial charge in [0.25, 0.3) is 5.56 Å². The Kier molecular flexibility index (Phi) is 4.99. The van der Waals surface area contributed by atoms with Gasteiger partial charge in [-0.2, -0.15) is 0 Å². The number of urea groups is 1. The van der Waals surface area contributed by atoms with Gasteiger partial charge in [0.05, 0.1) is 5.69 Å². The van der Waals surface area contributed by atoms with Crippen LogP contribution in [0.25, 0.3) is 0 Å². The summed E-state index contributed by atoms with van der Waals surface area (Å²) in [5.74, 6) is 0. The summed E-state index contributed by atoms with van der Waals surface area (Å²) in [7, 11) is 1.72. The quantitative estimate of drug-likeness (QED) is 0.943. The zero-order valence-corrected chi connectivity index (χ0v) is 13.2. The number of benzene rings is 1. The first-order chi connectivity index (χ1) is 10.5. The number of carbonyl (C=O) groups is 1. The number of nitrogens with zero attached hydrogens (tertiary/aromatic N) is 2. The molecule has 22 heavy (non-hydrogen) atoms. The molecule has 0 bridgehead atoms. The molecular formula is C17H21N3O2. The van der Waals surface area contributed by atoms with Crippen molar-refractivity contribution < 1.29 is 4.79 Å². The smallest absolute Gasteiger partial charge is 0.314 e. The largest absolute Gasteiger partial charge is 0.326 e. The van der Waals surface area contributed by atoms with Crippen LogP contribution in [-0.2, 0) is 13.0 Å². The average Bonchev–Trinajstić information content (AvgIpc) is 2.55. The minimum Gasteiger partial charge on any atom is -0.314 e. The van der Waals surface area contributed by atoms with E-state index in [1.807, 2.05) is 31.2 Å². The first-order valence-corrected chi connectivity index (χ1v) is 7.39. The number of hydrogen-bond donors (Lipinski definition) is 1. The molecule has 0 radical (unpaired) electrons. The lowest BCUT2D eigenvalue weighted by atomic mass is 10.1. The highest BCUT2D eigenvalue weighted by molar-refractivity contribution is 6.01. The first-order valence-electron chi connectivity index (χ1n) is 7.39. The molecule has 1 heterocycles. The zero-order chi connectivity index (χ0) is 16.1. The molecule has 0 saturated heterocycles. The lowest BCUT2D eigenvalue weighted by Crippen LogP contribution is -2.31. The maximum atomic E-state index is 12.3. The third-order valence-electron chi connectivity index (χ3n) is 3.59. The van der Waals surface area contributed by atoms with Gasteiger partial charge in [-0.15, -0.1) is 0 Å². The highest BCUT2D eigenvalue weighted by Gasteiger charge is 2.11. The van der Waals surface area contributed by atoms with E-state index < -0.39 is 0 Å². The first kappa shape index (κ1) is 15.8. The Morgan fingerprint density at radius 1 is 1.23 bits per heavy atom. The SMILES string of the molecule is CCc1cccc(N(C)C(=O)Nc2ccc(=O)n(CC)c2)c1. The van der Waals surface area contributed by atoms with E-state index >= 15 is 0 Å². The topological polar surface area (TPSA) is 54.3 Å². The summed E-state index contributed by atoms with van der Waals surface area (Å²) in [6.45, 7) is 4.53. The predicted octanol–water partition coefficient (Wildman–Crippen LogP) is 3.10. The summed E-state index contributed by atoms with van der Waals surface area (Å²) in [5.41, 5.74) is 2.53. The number of amides is 2. The van der Waals surface area contributed by atoms with E-state index in [1.54, 1.807) is 28.8 Å². The molecule has 1 aromatic heterocycles. The number of nitrogens with one attached hydrogen (secondary N) is 1. The van der Waals surface area contributed by atoms with Crippen molar-refractivity contribution in [1.82, 2.24) is 4.57 Å². The van der Waals surface area contributed by atoms with Crippen molar-refractivity contribution in [1.29, 1.82) is 0 Å². The van der Waals surface area contributed by atoms with Crippen LogP contribution in [0.2, 0.25) is 0 Å². The van der Waals surface area contributed by atoms with Crippen molar-refractivity contribution in [3.63, 3.8) is 0 Å². The third-order valence-corrected chi connectivity index (χ3v) is 3.59. The minimum atomic E-state index is -0.241. The van der Waals surface area contributed by atoms with Crippen molar-refractivity contribution in [2.75, 3.05) is 17.3 Å². The monoisotopic (exact) mass is 299 g/mol. The third kappa shape index (κ3) is 3.55. The van der Waals surface area contributed by atoms with Gasteiger partial charge in [0.15, 0.2) is 0 Å². The van der Waals surface area contributed by atoms with Gasteiger partial charge in [-0.05, 0) is 37.1 Å². The fraction of sp³-hybridized carbons (Fsp3) is 0.294.